The minimum atomic E-state index is -0.661. The number of nitrogens with two attached hydrogens (primary N) is 1. The smallest absolute Gasteiger partial charge is 0.0824 e. The molecule has 144 valence electrons. The molecule has 0 aliphatic heterocycles. The minimum Gasteiger partial charge on any atom is -0.391 e. The maximum Gasteiger partial charge on any atom is 0.0824 e. The summed E-state index contributed by atoms with van der Waals surface area (Å²) in [6.45, 7) is 4.49. The fraction of sp³-hybridized carbons (Fsp3) is 0.905. The van der Waals surface area contributed by atoms with E-state index in [0.29, 0.717) is 6.54 Å². The third kappa shape index (κ3) is 14.0. The second kappa shape index (κ2) is 17.4. The van der Waals surface area contributed by atoms with Gasteiger partial charge in [0.25, 0.3) is 0 Å². The highest BCUT2D eigenvalue weighted by Crippen LogP contribution is 2.20. The molecule has 0 aromatic rings. The second-order valence-electron chi connectivity index (χ2n) is 7.23. The summed E-state index contributed by atoms with van der Waals surface area (Å²) in [6, 6.07) is 0. The third-order valence-electron chi connectivity index (χ3n) is 4.85. The van der Waals surface area contributed by atoms with Crippen molar-refractivity contribution < 1.29 is 10.2 Å². The minimum absolute atomic E-state index is 0.137. The highest BCUT2D eigenvalue weighted by Gasteiger charge is 2.22. The van der Waals surface area contributed by atoms with Crippen molar-refractivity contribution >= 4 is 0 Å². The lowest BCUT2D eigenvalue weighted by Crippen LogP contribution is -2.32. The number of rotatable bonds is 17. The van der Waals surface area contributed by atoms with Gasteiger partial charge in [-0.05, 0) is 57.9 Å². The predicted octanol–water partition coefficient (Wildman–Crippen LogP) is 4.95. The lowest BCUT2D eigenvalue weighted by molar-refractivity contribution is -0.0120. The van der Waals surface area contributed by atoms with Gasteiger partial charge in [-0.3, -0.25) is 0 Å². The number of aliphatic hydroxyl groups excluding tert-OH is 2. The Kier molecular flexibility index (Phi) is 17.2. The monoisotopic (exact) mass is 341 g/mol. The van der Waals surface area contributed by atoms with Gasteiger partial charge in [-0.2, -0.15) is 0 Å². The maximum absolute atomic E-state index is 9.99. The molecule has 3 atom stereocenters. The van der Waals surface area contributed by atoms with Crippen LogP contribution in [0.15, 0.2) is 12.2 Å². The summed E-state index contributed by atoms with van der Waals surface area (Å²) in [5.41, 5.74) is 5.61. The highest BCUT2D eigenvalue weighted by atomic mass is 16.3. The summed E-state index contributed by atoms with van der Waals surface area (Å²) in [5.74, 6) is 0.137. The Labute approximate surface area is 150 Å². The lowest BCUT2D eigenvalue weighted by atomic mass is 9.89. The van der Waals surface area contributed by atoms with Gasteiger partial charge < -0.3 is 15.9 Å². The Morgan fingerprint density at radius 3 is 1.88 bits per heavy atom. The van der Waals surface area contributed by atoms with Crippen LogP contribution in [0.4, 0.5) is 0 Å². The molecule has 3 nitrogen and oxygen atoms in total. The summed E-state index contributed by atoms with van der Waals surface area (Å²) >= 11 is 0. The van der Waals surface area contributed by atoms with Gasteiger partial charge in [0.2, 0.25) is 0 Å². The van der Waals surface area contributed by atoms with E-state index in [4.69, 9.17) is 5.73 Å². The summed E-state index contributed by atoms with van der Waals surface area (Å²) in [5, 5.41) is 19.5. The van der Waals surface area contributed by atoms with E-state index in [2.05, 4.69) is 19.1 Å². The zero-order valence-electron chi connectivity index (χ0n) is 16.3. The van der Waals surface area contributed by atoms with E-state index in [1.54, 1.807) is 6.92 Å². The first-order valence-electron chi connectivity index (χ1n) is 10.3. The molecule has 24 heavy (non-hydrogen) atoms. The van der Waals surface area contributed by atoms with Crippen LogP contribution >= 0.6 is 0 Å². The fourth-order valence-electron chi connectivity index (χ4n) is 3.22. The molecule has 0 aromatic heterocycles. The van der Waals surface area contributed by atoms with Gasteiger partial charge in [-0.15, -0.1) is 0 Å². The van der Waals surface area contributed by atoms with Crippen LogP contribution in [0.2, 0.25) is 0 Å². The number of allylic oxidation sites excluding steroid dienone is 2. The molecule has 0 bridgehead atoms. The largest absolute Gasteiger partial charge is 0.391 e. The molecule has 3 heteroatoms. The van der Waals surface area contributed by atoms with Gasteiger partial charge in [-0.25, -0.2) is 0 Å². The number of hydrogen-bond acceptors (Lipinski definition) is 3. The van der Waals surface area contributed by atoms with Crippen molar-refractivity contribution in [2.45, 2.75) is 110 Å². The van der Waals surface area contributed by atoms with E-state index in [-0.39, 0.29) is 5.92 Å². The summed E-state index contributed by atoms with van der Waals surface area (Å²) < 4.78 is 0. The van der Waals surface area contributed by atoms with Crippen LogP contribution in [0, 0.1) is 5.92 Å². The highest BCUT2D eigenvalue weighted by molar-refractivity contribution is 4.81. The van der Waals surface area contributed by atoms with Gasteiger partial charge in [-0.1, -0.05) is 64.0 Å². The van der Waals surface area contributed by atoms with Crippen LogP contribution in [0.1, 0.15) is 97.3 Å². The SMILES string of the molecule is CCCCCCCC/C=C\CCCCCC(CCN)C(O)C(C)O. The number of hydrogen-bond donors (Lipinski definition) is 3. The van der Waals surface area contributed by atoms with Crippen LogP contribution in [0.5, 0.6) is 0 Å². The summed E-state index contributed by atoms with van der Waals surface area (Å²) in [7, 11) is 0. The average Bonchev–Trinajstić information content (AvgIpc) is 2.57. The molecule has 0 aliphatic carbocycles. The third-order valence-corrected chi connectivity index (χ3v) is 4.85. The van der Waals surface area contributed by atoms with Gasteiger partial charge in [0, 0.05) is 0 Å². The van der Waals surface area contributed by atoms with Crippen molar-refractivity contribution in [3.05, 3.63) is 12.2 Å². The molecule has 0 heterocycles. The summed E-state index contributed by atoms with van der Waals surface area (Å²) in [6.07, 6.45) is 19.2. The fourth-order valence-corrected chi connectivity index (χ4v) is 3.22. The van der Waals surface area contributed by atoms with E-state index < -0.39 is 12.2 Å². The molecule has 0 saturated heterocycles. The second-order valence-corrected chi connectivity index (χ2v) is 7.23. The first kappa shape index (κ1) is 23.6. The van der Waals surface area contributed by atoms with E-state index in [9.17, 15) is 10.2 Å². The quantitative estimate of drug-likeness (QED) is 0.259. The normalized spacial score (nSPS) is 15.7. The van der Waals surface area contributed by atoms with Crippen molar-refractivity contribution in [3.8, 4) is 0 Å². The lowest BCUT2D eigenvalue weighted by Gasteiger charge is -2.24. The van der Waals surface area contributed by atoms with Crippen LogP contribution in [0.25, 0.3) is 0 Å². The van der Waals surface area contributed by atoms with Gasteiger partial charge in [0.15, 0.2) is 0 Å². The molecule has 0 radical (unpaired) electrons. The van der Waals surface area contributed by atoms with Crippen molar-refractivity contribution in [1.82, 2.24) is 0 Å². The molecule has 0 amide bonds. The molecule has 4 N–H and O–H groups in total. The van der Waals surface area contributed by atoms with Crippen molar-refractivity contribution in [1.29, 1.82) is 0 Å². The van der Waals surface area contributed by atoms with Crippen molar-refractivity contribution in [2.24, 2.45) is 11.7 Å². The molecular formula is C21H43NO2. The molecule has 0 saturated carbocycles. The number of unbranched alkanes of at least 4 members (excludes halogenated alkanes) is 9. The molecular weight excluding hydrogens is 298 g/mol. The van der Waals surface area contributed by atoms with E-state index in [0.717, 1.165) is 25.7 Å². The standard InChI is InChI=1S/C21H43NO2/c1-3-4-5-6-7-8-9-10-11-12-13-14-15-16-20(17-18-22)21(24)19(2)23/h10-11,19-21,23-24H,3-9,12-18,22H2,1-2H3/b11-10-. The molecule has 0 rings (SSSR count). The summed E-state index contributed by atoms with van der Waals surface area (Å²) in [4.78, 5) is 0. The maximum atomic E-state index is 9.99. The van der Waals surface area contributed by atoms with E-state index in [1.165, 1.54) is 57.8 Å². The molecule has 3 unspecified atom stereocenters. The van der Waals surface area contributed by atoms with Gasteiger partial charge in [0.05, 0.1) is 12.2 Å². The zero-order chi connectivity index (χ0) is 18.0. The Bertz CT molecular complexity index is 279. The van der Waals surface area contributed by atoms with Crippen LogP contribution in [-0.2, 0) is 0 Å². The first-order valence-corrected chi connectivity index (χ1v) is 10.3. The van der Waals surface area contributed by atoms with Crippen molar-refractivity contribution in [3.63, 3.8) is 0 Å². The van der Waals surface area contributed by atoms with E-state index in [1.807, 2.05) is 0 Å². The Balaban J connectivity index is 3.52. The first-order chi connectivity index (χ1) is 11.6. The number of aliphatic hydroxyl groups is 2. The van der Waals surface area contributed by atoms with Gasteiger partial charge >= 0.3 is 0 Å². The molecule has 0 spiro atoms. The average molecular weight is 342 g/mol. The van der Waals surface area contributed by atoms with Crippen LogP contribution in [0.3, 0.4) is 0 Å². The van der Waals surface area contributed by atoms with Crippen LogP contribution in [-0.4, -0.2) is 29.0 Å². The topological polar surface area (TPSA) is 66.5 Å². The molecule has 0 aliphatic rings. The van der Waals surface area contributed by atoms with Crippen LogP contribution < -0.4 is 5.73 Å². The van der Waals surface area contributed by atoms with E-state index >= 15 is 0 Å². The molecule has 0 fully saturated rings. The molecule has 0 aromatic carbocycles. The van der Waals surface area contributed by atoms with Gasteiger partial charge in [0.1, 0.15) is 0 Å². The zero-order valence-corrected chi connectivity index (χ0v) is 16.3. The van der Waals surface area contributed by atoms with Crippen molar-refractivity contribution in [2.75, 3.05) is 6.54 Å². The predicted molar refractivity (Wildman–Crippen MR) is 105 cm³/mol. The Hall–Kier alpha value is -0.380. The Morgan fingerprint density at radius 2 is 1.33 bits per heavy atom. The Morgan fingerprint density at radius 1 is 0.792 bits per heavy atom.